The Morgan fingerprint density at radius 3 is 2.33 bits per heavy atom. The predicted octanol–water partition coefficient (Wildman–Crippen LogP) is 6.25. The van der Waals surface area contributed by atoms with Crippen LogP contribution in [0.4, 0.5) is 11.7 Å². The Bertz CT molecular complexity index is 2020. The summed E-state index contributed by atoms with van der Waals surface area (Å²) in [5.41, 5.74) is 4.10. The number of aromatic amines is 1. The van der Waals surface area contributed by atoms with Crippen LogP contribution in [0.5, 0.6) is 0 Å². The van der Waals surface area contributed by atoms with Gasteiger partial charge in [-0.05, 0) is 61.2 Å². The zero-order valence-electron chi connectivity index (χ0n) is 27.4. The third kappa shape index (κ3) is 7.05. The molecule has 2 aromatic heterocycles. The van der Waals surface area contributed by atoms with E-state index in [0.717, 1.165) is 16.6 Å². The van der Waals surface area contributed by atoms with Crippen molar-refractivity contribution in [2.24, 2.45) is 0 Å². The molecule has 3 heterocycles. The lowest BCUT2D eigenvalue weighted by atomic mass is 9.92. The molecule has 0 aliphatic carbocycles. The lowest BCUT2D eigenvalue weighted by molar-refractivity contribution is -0.116. The first kappa shape index (κ1) is 34.5. The van der Waals surface area contributed by atoms with Crippen molar-refractivity contribution in [1.82, 2.24) is 14.6 Å². The molecule has 49 heavy (non-hydrogen) atoms. The van der Waals surface area contributed by atoms with E-state index in [0.29, 0.717) is 85.6 Å². The summed E-state index contributed by atoms with van der Waals surface area (Å²) in [6, 6.07) is 22.2. The SMILES string of the molecule is CCC(CC)(c1ccc(NC(=O)CCCc2oc(N3CCN(n4c(=O)[nH]c5ccccc54)CC3)nc2-c2ccc(Cl)cc2)cc1)P(=O)(O)O. The normalized spacial score (nSPS) is 14.1. The number of aryl methyl sites for hydroxylation is 1. The fraction of sp³-hybridized carbons (Fsp3) is 0.343. The van der Waals surface area contributed by atoms with Gasteiger partial charge in [0.1, 0.15) is 11.5 Å². The number of anilines is 2. The number of carbonyl (C=O) groups is 1. The summed E-state index contributed by atoms with van der Waals surface area (Å²) in [7, 11) is -4.40. The first-order chi connectivity index (χ1) is 23.5. The highest BCUT2D eigenvalue weighted by Crippen LogP contribution is 2.60. The summed E-state index contributed by atoms with van der Waals surface area (Å²) in [4.78, 5) is 55.6. The Hall–Kier alpha value is -4.35. The monoisotopic (exact) mass is 706 g/mol. The van der Waals surface area contributed by atoms with Gasteiger partial charge in [0.25, 0.3) is 6.01 Å². The van der Waals surface area contributed by atoms with Crippen LogP contribution in [0.3, 0.4) is 0 Å². The summed E-state index contributed by atoms with van der Waals surface area (Å²) >= 11 is 6.16. The van der Waals surface area contributed by atoms with Gasteiger partial charge in [0.2, 0.25) is 5.91 Å². The van der Waals surface area contributed by atoms with Gasteiger partial charge in [-0.2, -0.15) is 4.98 Å². The molecule has 0 spiro atoms. The van der Waals surface area contributed by atoms with Crippen molar-refractivity contribution in [2.45, 2.75) is 51.1 Å². The van der Waals surface area contributed by atoms with Crippen molar-refractivity contribution < 1.29 is 23.6 Å². The summed E-state index contributed by atoms with van der Waals surface area (Å²) in [5, 5.41) is 4.27. The number of hydrogen-bond donors (Lipinski definition) is 4. The van der Waals surface area contributed by atoms with E-state index in [1.54, 1.807) is 54.9 Å². The Morgan fingerprint density at radius 2 is 1.67 bits per heavy atom. The zero-order chi connectivity index (χ0) is 34.8. The average molecular weight is 707 g/mol. The molecule has 3 aromatic carbocycles. The molecule has 1 saturated heterocycles. The molecule has 5 aromatic rings. The van der Waals surface area contributed by atoms with E-state index >= 15 is 0 Å². The second-order valence-corrected chi connectivity index (χ2v) is 14.6. The van der Waals surface area contributed by atoms with E-state index < -0.39 is 12.8 Å². The number of fused-ring (bicyclic) bond motifs is 1. The van der Waals surface area contributed by atoms with E-state index in [9.17, 15) is 23.9 Å². The number of oxazole rings is 1. The predicted molar refractivity (Wildman–Crippen MR) is 192 cm³/mol. The van der Waals surface area contributed by atoms with E-state index in [1.165, 1.54) is 0 Å². The molecule has 4 N–H and O–H groups in total. The zero-order valence-corrected chi connectivity index (χ0v) is 29.1. The second kappa shape index (κ2) is 14.2. The minimum absolute atomic E-state index is 0.172. The Labute approximate surface area is 288 Å². The molecule has 0 saturated carbocycles. The molecule has 0 radical (unpaired) electrons. The minimum Gasteiger partial charge on any atom is -0.428 e. The fourth-order valence-corrected chi connectivity index (χ4v) is 8.06. The smallest absolute Gasteiger partial charge is 0.345 e. The standard InChI is InChI=1S/C35H40ClN6O6P/c1-3-35(4-2,49(45,46)47)25-14-18-27(19-15-25)37-31(43)11-7-10-30-32(24-12-16-26(36)17-13-24)39-34(48-30)40-20-22-41(23-21-40)42-29-9-6-5-8-28(29)38-33(42)44/h5-6,8-9,12-19H,3-4,7,10-11,20-23H2,1-2H3,(H,37,43)(H,38,44)(H2,45,46,47). The van der Waals surface area contributed by atoms with Gasteiger partial charge >= 0.3 is 13.3 Å². The van der Waals surface area contributed by atoms with Gasteiger partial charge in [-0.1, -0.05) is 61.8 Å². The number of imidazole rings is 1. The molecule has 1 aliphatic heterocycles. The number of nitrogens with one attached hydrogen (secondary N) is 2. The maximum atomic E-state index is 12.9. The maximum absolute atomic E-state index is 12.9. The van der Waals surface area contributed by atoms with E-state index in [2.05, 4.69) is 15.2 Å². The number of hydrogen-bond acceptors (Lipinski definition) is 7. The topological polar surface area (TPSA) is 157 Å². The van der Waals surface area contributed by atoms with Crippen LogP contribution in [0.2, 0.25) is 5.02 Å². The largest absolute Gasteiger partial charge is 0.428 e. The molecule has 1 amide bonds. The molecule has 0 bridgehead atoms. The molecule has 0 atom stereocenters. The Balaban J connectivity index is 1.11. The van der Waals surface area contributed by atoms with Gasteiger partial charge in [0.05, 0.1) is 29.3 Å². The number of rotatable bonds is 12. The van der Waals surface area contributed by atoms with Crippen molar-refractivity contribution in [1.29, 1.82) is 0 Å². The summed E-state index contributed by atoms with van der Waals surface area (Å²) in [6.07, 6.45) is 1.79. The van der Waals surface area contributed by atoms with Crippen LogP contribution >= 0.6 is 19.2 Å². The minimum atomic E-state index is -4.40. The van der Waals surface area contributed by atoms with Gasteiger partial charge in [0.15, 0.2) is 0 Å². The number of benzene rings is 3. The molecule has 14 heteroatoms. The highest BCUT2D eigenvalue weighted by Gasteiger charge is 2.45. The van der Waals surface area contributed by atoms with Crippen LogP contribution in [-0.4, -0.2) is 56.5 Å². The van der Waals surface area contributed by atoms with Crippen LogP contribution in [0.1, 0.15) is 50.9 Å². The lowest BCUT2D eigenvalue weighted by Crippen LogP contribution is -2.53. The number of aromatic nitrogens is 3. The highest BCUT2D eigenvalue weighted by atomic mass is 35.5. The van der Waals surface area contributed by atoms with Crippen molar-refractivity contribution in [3.05, 3.63) is 99.6 Å². The molecular formula is C35H40ClN6O6P. The number of carbonyl (C=O) groups excluding carboxylic acids is 1. The van der Waals surface area contributed by atoms with Crippen molar-refractivity contribution in [3.8, 4) is 11.3 Å². The summed E-state index contributed by atoms with van der Waals surface area (Å²) in [5.74, 6) is 0.481. The molecular weight excluding hydrogens is 667 g/mol. The van der Waals surface area contributed by atoms with Crippen LogP contribution < -0.4 is 20.9 Å². The number of nitrogens with zero attached hydrogens (tertiary/aromatic N) is 4. The average Bonchev–Trinajstić information content (AvgIpc) is 3.66. The van der Waals surface area contributed by atoms with Crippen molar-refractivity contribution in [2.75, 3.05) is 41.4 Å². The van der Waals surface area contributed by atoms with Gasteiger partial charge in [-0.3, -0.25) is 9.36 Å². The Morgan fingerprint density at radius 1 is 1.00 bits per heavy atom. The number of piperazine rings is 1. The fourth-order valence-electron chi connectivity index (χ4n) is 6.62. The quantitative estimate of drug-likeness (QED) is 0.110. The third-order valence-electron chi connectivity index (χ3n) is 9.42. The molecule has 1 aliphatic rings. The van der Waals surface area contributed by atoms with E-state index in [1.807, 2.05) is 41.4 Å². The van der Waals surface area contributed by atoms with Crippen molar-refractivity contribution >= 4 is 47.8 Å². The first-order valence-corrected chi connectivity index (χ1v) is 18.4. The van der Waals surface area contributed by atoms with Gasteiger partial charge in [0, 0.05) is 42.2 Å². The number of amides is 1. The lowest BCUT2D eigenvalue weighted by Gasteiger charge is -2.35. The van der Waals surface area contributed by atoms with Crippen LogP contribution in [0.25, 0.3) is 22.3 Å². The van der Waals surface area contributed by atoms with Crippen LogP contribution in [-0.2, 0) is 20.9 Å². The van der Waals surface area contributed by atoms with Gasteiger partial charge in [-0.15, -0.1) is 0 Å². The molecule has 1 fully saturated rings. The van der Waals surface area contributed by atoms with Crippen LogP contribution in [0, 0.1) is 0 Å². The summed E-state index contributed by atoms with van der Waals surface area (Å²) < 4.78 is 20.4. The van der Waals surface area contributed by atoms with E-state index in [-0.39, 0.29) is 18.0 Å². The number of halogens is 1. The molecule has 0 unspecified atom stereocenters. The number of para-hydroxylation sites is 2. The van der Waals surface area contributed by atoms with Gasteiger partial charge in [-0.25, -0.2) is 9.47 Å². The van der Waals surface area contributed by atoms with Crippen molar-refractivity contribution in [3.63, 3.8) is 0 Å². The molecule has 258 valence electrons. The molecule has 12 nitrogen and oxygen atoms in total. The van der Waals surface area contributed by atoms with E-state index in [4.69, 9.17) is 21.0 Å². The third-order valence-corrected chi connectivity index (χ3v) is 11.7. The van der Waals surface area contributed by atoms with Gasteiger partial charge < -0.3 is 34.4 Å². The highest BCUT2D eigenvalue weighted by molar-refractivity contribution is 7.53. The second-order valence-electron chi connectivity index (χ2n) is 12.2. The van der Waals surface area contributed by atoms with Crippen LogP contribution in [0.15, 0.2) is 82.0 Å². The Kier molecular flexibility index (Phi) is 10.0. The first-order valence-electron chi connectivity index (χ1n) is 16.4. The maximum Gasteiger partial charge on any atom is 0.345 e. The number of H-pyrrole nitrogens is 1. The summed E-state index contributed by atoms with van der Waals surface area (Å²) in [6.45, 7) is 5.91. The molecule has 6 rings (SSSR count).